The predicted molar refractivity (Wildman–Crippen MR) is 76.3 cm³/mol. The summed E-state index contributed by atoms with van der Waals surface area (Å²) in [5.41, 5.74) is 7.12. The van der Waals surface area contributed by atoms with Crippen molar-refractivity contribution in [2.45, 2.75) is 25.8 Å². The second-order valence-electron chi connectivity index (χ2n) is 3.81. The maximum atomic E-state index is 5.94. The van der Waals surface area contributed by atoms with Gasteiger partial charge in [-0.2, -0.15) is 0 Å². The Kier molecular flexibility index (Phi) is 6.48. The minimum absolute atomic E-state index is 0.194. The number of methoxy groups -OCH3 is 1. The Morgan fingerprint density at radius 3 is 2.35 bits per heavy atom. The van der Waals surface area contributed by atoms with Gasteiger partial charge in [0.05, 0.1) is 8.95 Å². The van der Waals surface area contributed by atoms with Gasteiger partial charge in [0.2, 0.25) is 0 Å². The molecule has 0 bridgehead atoms. The number of hydrogen-bond acceptors (Lipinski definition) is 3. The molecule has 1 unspecified atom stereocenters. The lowest BCUT2D eigenvalue weighted by Gasteiger charge is -2.13. The molecule has 5 heteroatoms. The molecular formula is C12H17Br2NO2. The first-order valence-corrected chi connectivity index (χ1v) is 7.02. The van der Waals surface area contributed by atoms with Gasteiger partial charge in [0, 0.05) is 13.2 Å². The smallest absolute Gasteiger partial charge is 0.188 e. The molecule has 1 atom stereocenters. The van der Waals surface area contributed by atoms with E-state index in [-0.39, 0.29) is 12.8 Å². The van der Waals surface area contributed by atoms with Crippen LogP contribution in [0.2, 0.25) is 0 Å². The summed E-state index contributed by atoms with van der Waals surface area (Å²) in [5, 5.41) is 0. The highest BCUT2D eigenvalue weighted by molar-refractivity contribution is 9.11. The number of halogens is 2. The number of nitrogens with two attached hydrogens (primary N) is 1. The van der Waals surface area contributed by atoms with Gasteiger partial charge in [-0.1, -0.05) is 6.92 Å². The Balaban J connectivity index is 2.85. The molecule has 1 rings (SSSR count). The fourth-order valence-electron chi connectivity index (χ4n) is 1.43. The third kappa shape index (κ3) is 4.58. The highest BCUT2D eigenvalue weighted by Gasteiger charge is 2.10. The van der Waals surface area contributed by atoms with Crippen molar-refractivity contribution < 1.29 is 9.47 Å². The molecule has 0 saturated carbocycles. The van der Waals surface area contributed by atoms with Crippen molar-refractivity contribution in [3.05, 3.63) is 26.6 Å². The second kappa shape index (κ2) is 7.36. The summed E-state index contributed by atoms with van der Waals surface area (Å²) in [6, 6.07) is 4.26. The summed E-state index contributed by atoms with van der Waals surface area (Å²) in [4.78, 5) is 0. The van der Waals surface area contributed by atoms with Crippen molar-refractivity contribution in [1.82, 2.24) is 0 Å². The zero-order valence-electron chi connectivity index (χ0n) is 10.0. The van der Waals surface area contributed by atoms with Crippen molar-refractivity contribution in [2.24, 2.45) is 5.73 Å². The largest absolute Gasteiger partial charge is 0.465 e. The van der Waals surface area contributed by atoms with Gasteiger partial charge in [-0.15, -0.1) is 0 Å². The van der Waals surface area contributed by atoms with Crippen molar-refractivity contribution in [3.63, 3.8) is 0 Å². The number of ether oxygens (including phenoxy) is 2. The summed E-state index contributed by atoms with van der Waals surface area (Å²) in [7, 11) is 1.59. The molecule has 0 fully saturated rings. The van der Waals surface area contributed by atoms with Gasteiger partial charge in [0.25, 0.3) is 0 Å². The molecule has 0 aliphatic rings. The molecule has 1 aromatic rings. The van der Waals surface area contributed by atoms with Crippen molar-refractivity contribution >= 4 is 31.9 Å². The van der Waals surface area contributed by atoms with Crippen LogP contribution in [0.25, 0.3) is 0 Å². The van der Waals surface area contributed by atoms with E-state index >= 15 is 0 Å². The van der Waals surface area contributed by atoms with Crippen LogP contribution in [0, 0.1) is 0 Å². The summed E-state index contributed by atoms with van der Waals surface area (Å²) in [5.74, 6) is 0.751. The first kappa shape index (κ1) is 15.0. The minimum Gasteiger partial charge on any atom is -0.465 e. The van der Waals surface area contributed by atoms with Crippen LogP contribution >= 0.6 is 31.9 Å². The Hall–Kier alpha value is -0.100. The van der Waals surface area contributed by atoms with E-state index in [1.165, 1.54) is 5.56 Å². The molecule has 1 aromatic carbocycles. The van der Waals surface area contributed by atoms with Gasteiger partial charge < -0.3 is 15.2 Å². The van der Waals surface area contributed by atoms with E-state index in [0.717, 1.165) is 27.5 Å². The maximum Gasteiger partial charge on any atom is 0.188 e. The average Bonchev–Trinajstić information content (AvgIpc) is 2.28. The predicted octanol–water partition coefficient (Wildman–Crippen LogP) is 3.47. The Labute approximate surface area is 119 Å². The third-order valence-corrected chi connectivity index (χ3v) is 3.58. The van der Waals surface area contributed by atoms with Crippen LogP contribution < -0.4 is 10.5 Å². The molecule has 0 amide bonds. The van der Waals surface area contributed by atoms with Gasteiger partial charge in [-0.05, 0) is 62.4 Å². The Bertz CT molecular complexity index is 349. The van der Waals surface area contributed by atoms with Crippen LogP contribution in [0.1, 0.15) is 18.9 Å². The monoisotopic (exact) mass is 365 g/mol. The van der Waals surface area contributed by atoms with Gasteiger partial charge in [-0.3, -0.25) is 0 Å². The van der Waals surface area contributed by atoms with Gasteiger partial charge in [0.15, 0.2) is 12.5 Å². The lowest BCUT2D eigenvalue weighted by Crippen LogP contribution is -2.21. The fourth-order valence-corrected chi connectivity index (χ4v) is 2.94. The molecule has 0 heterocycles. The zero-order chi connectivity index (χ0) is 12.8. The fraction of sp³-hybridized carbons (Fsp3) is 0.500. The van der Waals surface area contributed by atoms with E-state index in [9.17, 15) is 0 Å². The lowest BCUT2D eigenvalue weighted by atomic mass is 10.0. The van der Waals surface area contributed by atoms with E-state index in [1.54, 1.807) is 7.11 Å². The number of rotatable bonds is 6. The number of hydrogen-bond donors (Lipinski definition) is 1. The highest BCUT2D eigenvalue weighted by atomic mass is 79.9. The summed E-state index contributed by atoms with van der Waals surface area (Å²) < 4.78 is 12.1. The molecule has 3 nitrogen and oxygen atoms in total. The Morgan fingerprint density at radius 2 is 1.88 bits per heavy atom. The van der Waals surface area contributed by atoms with E-state index in [4.69, 9.17) is 15.2 Å². The van der Waals surface area contributed by atoms with Gasteiger partial charge in [-0.25, -0.2) is 0 Å². The van der Waals surface area contributed by atoms with Crippen LogP contribution in [0.4, 0.5) is 0 Å². The minimum atomic E-state index is 0.194. The maximum absolute atomic E-state index is 5.94. The molecule has 2 N–H and O–H groups in total. The van der Waals surface area contributed by atoms with E-state index in [1.807, 2.05) is 12.1 Å². The zero-order valence-corrected chi connectivity index (χ0v) is 13.2. The van der Waals surface area contributed by atoms with Crippen LogP contribution in [0.5, 0.6) is 5.75 Å². The molecule has 96 valence electrons. The van der Waals surface area contributed by atoms with Gasteiger partial charge in [0.1, 0.15) is 0 Å². The number of benzene rings is 1. The first-order valence-electron chi connectivity index (χ1n) is 5.43. The molecular weight excluding hydrogens is 350 g/mol. The molecule has 0 saturated heterocycles. The second-order valence-corrected chi connectivity index (χ2v) is 5.52. The van der Waals surface area contributed by atoms with Crippen molar-refractivity contribution in [3.8, 4) is 5.75 Å². The van der Waals surface area contributed by atoms with Crippen molar-refractivity contribution in [1.29, 1.82) is 0 Å². The molecule has 0 aliphatic heterocycles. The summed E-state index contributed by atoms with van der Waals surface area (Å²) >= 11 is 6.98. The van der Waals surface area contributed by atoms with Crippen LogP contribution in [0.3, 0.4) is 0 Å². The summed E-state index contributed by atoms with van der Waals surface area (Å²) in [6.07, 6.45) is 1.83. The molecule has 0 radical (unpaired) electrons. The molecule has 0 aromatic heterocycles. The third-order valence-electron chi connectivity index (χ3n) is 2.40. The first-order chi connectivity index (χ1) is 8.08. The van der Waals surface area contributed by atoms with E-state index < -0.39 is 0 Å². The molecule has 0 spiro atoms. The van der Waals surface area contributed by atoms with Crippen LogP contribution in [-0.2, 0) is 11.2 Å². The van der Waals surface area contributed by atoms with Crippen LogP contribution in [0.15, 0.2) is 21.1 Å². The van der Waals surface area contributed by atoms with E-state index in [2.05, 4.69) is 38.8 Å². The van der Waals surface area contributed by atoms with E-state index in [0.29, 0.717) is 0 Å². The summed E-state index contributed by atoms with van der Waals surface area (Å²) in [6.45, 7) is 2.32. The lowest BCUT2D eigenvalue weighted by molar-refractivity contribution is 0.0500. The topological polar surface area (TPSA) is 44.5 Å². The average molecular weight is 367 g/mol. The quantitative estimate of drug-likeness (QED) is 0.784. The SMILES string of the molecule is CCC(N)Cc1cc(Br)c(OCOC)c(Br)c1. The standard InChI is InChI=1S/C12H17Br2NO2/c1-3-9(15)4-8-5-10(13)12(11(14)6-8)17-7-16-2/h5-6,9H,3-4,7,15H2,1-2H3. The normalized spacial score (nSPS) is 12.5. The Morgan fingerprint density at radius 1 is 1.29 bits per heavy atom. The van der Waals surface area contributed by atoms with Gasteiger partial charge >= 0.3 is 0 Å². The molecule has 0 aliphatic carbocycles. The molecule has 17 heavy (non-hydrogen) atoms. The van der Waals surface area contributed by atoms with Crippen LogP contribution in [-0.4, -0.2) is 19.9 Å². The van der Waals surface area contributed by atoms with Crippen molar-refractivity contribution in [2.75, 3.05) is 13.9 Å². The highest BCUT2D eigenvalue weighted by Crippen LogP contribution is 2.35.